The van der Waals surface area contributed by atoms with Crippen LogP contribution in [0.2, 0.25) is 0 Å². The number of aliphatic hydroxyl groups excluding tert-OH is 1. The highest BCUT2D eigenvalue weighted by molar-refractivity contribution is 6.01. The first-order valence-electron chi connectivity index (χ1n) is 17.6. The molecule has 0 amide bonds. The Balaban J connectivity index is 1.05. The fraction of sp³-hybridized carbons (Fsp3) is 0.381. The summed E-state index contributed by atoms with van der Waals surface area (Å²) < 4.78 is 34.6. The maximum atomic E-state index is 11.8. The Hall–Kier alpha value is -4.90. The van der Waals surface area contributed by atoms with Gasteiger partial charge in [-0.15, -0.1) is 0 Å². The Morgan fingerprint density at radius 1 is 0.750 bits per heavy atom. The van der Waals surface area contributed by atoms with Gasteiger partial charge in [0, 0.05) is 35.0 Å². The fourth-order valence-electron chi connectivity index (χ4n) is 6.54. The molecule has 10 nitrogen and oxygen atoms in total. The van der Waals surface area contributed by atoms with Gasteiger partial charge in [0.1, 0.15) is 34.7 Å². The molecule has 0 radical (unpaired) electrons. The molecular weight excluding hydrogens is 664 g/mol. The Kier molecular flexibility index (Phi) is 10.6. The molecule has 0 fully saturated rings. The highest BCUT2D eigenvalue weighted by atomic mass is 16.5. The molecule has 2 atom stereocenters. The van der Waals surface area contributed by atoms with Crippen molar-refractivity contribution in [3.63, 3.8) is 0 Å². The van der Waals surface area contributed by atoms with Crippen LogP contribution in [-0.4, -0.2) is 40.2 Å². The third kappa shape index (κ3) is 8.25. The van der Waals surface area contributed by atoms with Gasteiger partial charge in [-0.25, -0.2) is 9.59 Å². The summed E-state index contributed by atoms with van der Waals surface area (Å²) in [7, 11) is 0. The molecule has 10 heteroatoms. The standard InChI is InChI=1S/C42H46O10/c1-25(7-10-27-28-11-15-38(44)50-34(28)23-32-29(27)18-21-47-32)9-14-37(41(3,4)46)52-42(5,6)36(43)13-8-26(2)17-20-49-40-30-12-16-39(45)51-35(30)24-33-31(40)19-22-48-33/h7,11-12,15-19,21-24,36-37,43,46H,8-10,13-14,20H2,1-6H3/b25-7+,26-17+. The SMILES string of the molecule is C/C(=C\Cc1c2ccoc2cc2oc(=O)ccc12)CCC(OC(C)(C)C(O)CC/C(C)=C/COc1c2ccoc2cc2oc(=O)ccc12)C(C)(C)O. The van der Waals surface area contributed by atoms with Crippen molar-refractivity contribution in [3.05, 3.63) is 111 Å². The lowest BCUT2D eigenvalue weighted by molar-refractivity contribution is -0.188. The lowest BCUT2D eigenvalue weighted by atomic mass is 9.91. The Labute approximate surface area is 300 Å². The third-order valence-electron chi connectivity index (χ3n) is 9.74. The average molecular weight is 711 g/mol. The van der Waals surface area contributed by atoms with Crippen molar-refractivity contribution in [1.82, 2.24) is 0 Å². The van der Waals surface area contributed by atoms with E-state index in [1.165, 1.54) is 12.1 Å². The molecule has 0 spiro atoms. The third-order valence-corrected chi connectivity index (χ3v) is 9.74. The normalized spacial score (nSPS) is 14.5. The van der Waals surface area contributed by atoms with Crippen LogP contribution in [0.3, 0.4) is 0 Å². The van der Waals surface area contributed by atoms with E-state index < -0.39 is 34.7 Å². The van der Waals surface area contributed by atoms with Gasteiger partial charge >= 0.3 is 11.3 Å². The van der Waals surface area contributed by atoms with Crippen molar-refractivity contribution in [3.8, 4) is 5.75 Å². The van der Waals surface area contributed by atoms with E-state index in [1.807, 2.05) is 45.9 Å². The molecule has 2 unspecified atom stereocenters. The molecule has 52 heavy (non-hydrogen) atoms. The zero-order valence-electron chi connectivity index (χ0n) is 30.5. The highest BCUT2D eigenvalue weighted by Gasteiger charge is 2.37. The Bertz CT molecular complexity index is 2370. The van der Waals surface area contributed by atoms with Gasteiger partial charge in [-0.2, -0.15) is 0 Å². The minimum Gasteiger partial charge on any atom is -0.488 e. The minimum absolute atomic E-state index is 0.276. The molecule has 274 valence electrons. The molecule has 0 saturated carbocycles. The number of ether oxygens (including phenoxy) is 2. The van der Waals surface area contributed by atoms with Crippen molar-refractivity contribution >= 4 is 43.9 Å². The van der Waals surface area contributed by atoms with E-state index in [0.717, 1.165) is 32.9 Å². The molecule has 2 N–H and O–H groups in total. The van der Waals surface area contributed by atoms with Gasteiger partial charge in [-0.1, -0.05) is 17.2 Å². The second-order valence-corrected chi connectivity index (χ2v) is 14.6. The maximum absolute atomic E-state index is 11.8. The van der Waals surface area contributed by atoms with Crippen molar-refractivity contribution in [2.75, 3.05) is 6.61 Å². The number of benzene rings is 2. The number of aliphatic hydroxyl groups is 2. The van der Waals surface area contributed by atoms with Gasteiger partial charge in [0.15, 0.2) is 0 Å². The molecule has 0 aliphatic heterocycles. The molecule has 0 aliphatic rings. The van der Waals surface area contributed by atoms with Crippen molar-refractivity contribution in [1.29, 1.82) is 0 Å². The van der Waals surface area contributed by atoms with Crippen LogP contribution in [0.4, 0.5) is 0 Å². The number of allylic oxidation sites excluding steroid dienone is 3. The van der Waals surface area contributed by atoms with Gasteiger partial charge in [0.2, 0.25) is 0 Å². The van der Waals surface area contributed by atoms with Crippen LogP contribution in [0.5, 0.6) is 5.75 Å². The van der Waals surface area contributed by atoms with Crippen LogP contribution in [0.1, 0.15) is 72.8 Å². The number of furan rings is 2. The van der Waals surface area contributed by atoms with Gasteiger partial charge < -0.3 is 37.4 Å². The lowest BCUT2D eigenvalue weighted by Gasteiger charge is -2.39. The summed E-state index contributed by atoms with van der Waals surface area (Å²) in [5.74, 6) is 0.574. The predicted molar refractivity (Wildman–Crippen MR) is 201 cm³/mol. The molecule has 6 rings (SSSR count). The molecular formula is C42H46O10. The average Bonchev–Trinajstić information content (AvgIpc) is 3.76. The number of rotatable bonds is 15. The smallest absolute Gasteiger partial charge is 0.336 e. The second kappa shape index (κ2) is 15.0. The monoisotopic (exact) mass is 710 g/mol. The minimum atomic E-state index is -1.15. The van der Waals surface area contributed by atoms with E-state index >= 15 is 0 Å². The molecule has 0 bridgehead atoms. The summed E-state index contributed by atoms with van der Waals surface area (Å²) in [6, 6.07) is 13.4. The number of hydrogen-bond donors (Lipinski definition) is 2. The fourth-order valence-corrected chi connectivity index (χ4v) is 6.54. The van der Waals surface area contributed by atoms with Crippen LogP contribution in [0, 0.1) is 0 Å². The molecule has 0 aliphatic carbocycles. The van der Waals surface area contributed by atoms with E-state index in [0.29, 0.717) is 65.6 Å². The first-order valence-corrected chi connectivity index (χ1v) is 17.6. The van der Waals surface area contributed by atoms with E-state index in [4.69, 9.17) is 27.1 Å². The number of fused-ring (bicyclic) bond motifs is 4. The van der Waals surface area contributed by atoms with Gasteiger partial charge in [0.25, 0.3) is 0 Å². The summed E-state index contributed by atoms with van der Waals surface area (Å²) in [6.07, 6.45) is 8.85. The highest BCUT2D eigenvalue weighted by Crippen LogP contribution is 2.36. The van der Waals surface area contributed by atoms with E-state index in [2.05, 4.69) is 6.08 Å². The van der Waals surface area contributed by atoms with E-state index in [-0.39, 0.29) is 6.61 Å². The summed E-state index contributed by atoms with van der Waals surface area (Å²) in [6.45, 7) is 11.5. The van der Waals surface area contributed by atoms with E-state index in [1.54, 1.807) is 50.6 Å². The van der Waals surface area contributed by atoms with Gasteiger partial charge in [0.05, 0.1) is 46.7 Å². The second-order valence-electron chi connectivity index (χ2n) is 14.6. The van der Waals surface area contributed by atoms with Crippen molar-refractivity contribution in [2.45, 2.75) is 97.1 Å². The van der Waals surface area contributed by atoms with Gasteiger partial charge in [-0.05, 0) is 110 Å². The maximum Gasteiger partial charge on any atom is 0.336 e. The van der Waals surface area contributed by atoms with Gasteiger partial charge in [-0.3, -0.25) is 0 Å². The molecule has 2 aromatic carbocycles. The van der Waals surface area contributed by atoms with Crippen LogP contribution in [0.15, 0.2) is 112 Å². The zero-order chi connectivity index (χ0) is 37.2. The van der Waals surface area contributed by atoms with Crippen LogP contribution in [-0.2, 0) is 11.2 Å². The summed E-state index contributed by atoms with van der Waals surface area (Å²) >= 11 is 0. The van der Waals surface area contributed by atoms with E-state index in [9.17, 15) is 19.8 Å². The first kappa shape index (κ1) is 36.9. The lowest BCUT2D eigenvalue weighted by Crippen LogP contribution is -2.48. The zero-order valence-corrected chi connectivity index (χ0v) is 30.5. The van der Waals surface area contributed by atoms with Crippen LogP contribution >= 0.6 is 0 Å². The summed E-state index contributed by atoms with van der Waals surface area (Å²) in [5, 5.41) is 25.7. The van der Waals surface area contributed by atoms with Crippen LogP contribution < -0.4 is 16.0 Å². The summed E-state index contributed by atoms with van der Waals surface area (Å²) in [5.41, 5.74) is 2.32. The Morgan fingerprint density at radius 3 is 1.96 bits per heavy atom. The molecule has 6 aromatic rings. The van der Waals surface area contributed by atoms with Crippen LogP contribution in [0.25, 0.3) is 43.9 Å². The van der Waals surface area contributed by atoms with Crippen molar-refractivity contribution in [2.24, 2.45) is 0 Å². The largest absolute Gasteiger partial charge is 0.488 e. The predicted octanol–water partition coefficient (Wildman–Crippen LogP) is 8.76. The molecule has 4 heterocycles. The Morgan fingerprint density at radius 2 is 1.29 bits per heavy atom. The van der Waals surface area contributed by atoms with Crippen molar-refractivity contribution < 1.29 is 37.4 Å². The molecule has 4 aromatic heterocycles. The topological polar surface area (TPSA) is 146 Å². The first-order chi connectivity index (χ1) is 24.7. The quantitative estimate of drug-likeness (QED) is 0.0783. The summed E-state index contributed by atoms with van der Waals surface area (Å²) in [4.78, 5) is 23.6. The number of hydrogen-bond acceptors (Lipinski definition) is 10. The molecule has 0 saturated heterocycles.